The van der Waals surface area contributed by atoms with Crippen LogP contribution >= 0.6 is 0 Å². The molecule has 5 unspecified atom stereocenters. The molecular formula is C32H58O13. The number of rotatable bonds is 20. The first-order chi connectivity index (χ1) is 21.3. The van der Waals surface area contributed by atoms with Crippen LogP contribution in [0.15, 0.2) is 0 Å². The highest BCUT2D eigenvalue weighted by molar-refractivity contribution is 5.99. The molecule has 2 aliphatic rings. The number of ether oxygens (including phenoxy) is 3. The molecule has 0 saturated carbocycles. The molecule has 13 heteroatoms. The molecule has 2 heterocycles. The third-order valence-corrected chi connectivity index (χ3v) is 9.04. The quantitative estimate of drug-likeness (QED) is 0.0515. The highest BCUT2D eigenvalue weighted by atomic mass is 16.7. The lowest BCUT2D eigenvalue weighted by molar-refractivity contribution is -0.286. The fraction of sp³-hybridized carbons (Fsp3) is 0.938. The van der Waals surface area contributed by atoms with Crippen LogP contribution in [-0.2, 0) is 23.8 Å². The summed E-state index contributed by atoms with van der Waals surface area (Å²) in [4.78, 5) is 26.3. The zero-order chi connectivity index (χ0) is 33.7. The zero-order valence-electron chi connectivity index (χ0n) is 27.0. The number of unbranched alkanes of at least 4 members (excludes halogenated alkanes) is 8. The Bertz CT molecular complexity index is 859. The lowest BCUT2D eigenvalue weighted by Crippen LogP contribution is -2.58. The van der Waals surface area contributed by atoms with Gasteiger partial charge in [-0.05, 0) is 33.1 Å². The molecule has 264 valence electrons. The zero-order valence-corrected chi connectivity index (χ0v) is 27.0. The molecule has 0 aromatic carbocycles. The lowest BCUT2D eigenvalue weighted by Gasteiger charge is -2.39. The maximum absolute atomic E-state index is 13.2. The molecule has 0 bridgehead atoms. The van der Waals surface area contributed by atoms with Gasteiger partial charge in [0, 0.05) is 6.42 Å². The summed E-state index contributed by atoms with van der Waals surface area (Å²) in [5.41, 5.74) is 0. The monoisotopic (exact) mass is 650 g/mol. The number of Topliss-reactive ketones (excluding diaryl/α,β-unsaturated/α-hetero) is 1. The number of carbonyl (C=O) groups is 2. The predicted molar refractivity (Wildman–Crippen MR) is 162 cm³/mol. The Morgan fingerprint density at radius 1 is 0.667 bits per heavy atom. The molecule has 0 aromatic heterocycles. The summed E-state index contributed by atoms with van der Waals surface area (Å²) >= 11 is 0. The molecule has 0 aliphatic carbocycles. The van der Waals surface area contributed by atoms with Crippen LogP contribution in [0.3, 0.4) is 0 Å². The molecule has 13 atom stereocenters. The first-order valence-corrected chi connectivity index (χ1v) is 16.8. The Morgan fingerprint density at radius 2 is 1.20 bits per heavy atom. The van der Waals surface area contributed by atoms with Crippen LogP contribution in [-0.4, -0.2) is 126 Å². The highest BCUT2D eigenvalue weighted by Gasteiger charge is 2.46. The number of ketones is 1. The maximum atomic E-state index is 13.2. The average molecular weight is 651 g/mol. The van der Waals surface area contributed by atoms with Gasteiger partial charge in [0.1, 0.15) is 42.5 Å². The van der Waals surface area contributed by atoms with Crippen LogP contribution in [0.5, 0.6) is 0 Å². The summed E-state index contributed by atoms with van der Waals surface area (Å²) in [6, 6.07) is 0. The standard InChI is InChI=1S/C32H58O13/c1-4-5-6-8-12-15-21(34)24(31(42)45-32-30(41)29(40)26(37)19(3)44-32)22(35)17-20(33)14-11-9-7-10-13-16-23-27(38)28(39)25(36)18(2)43-23/h18-21,23-30,32-34,36-41H,4-17H2,1-3H3/t18-,19+,20?,21?,23?,24?,25-,26+,27-,28+,29-,30-,32?/m0/s1. The molecule has 8 N–H and O–H groups in total. The van der Waals surface area contributed by atoms with Crippen molar-refractivity contribution in [3.05, 3.63) is 0 Å². The van der Waals surface area contributed by atoms with Crippen molar-refractivity contribution in [1.29, 1.82) is 0 Å². The normalized spacial score (nSPS) is 34.2. The van der Waals surface area contributed by atoms with Crippen molar-refractivity contribution in [3.8, 4) is 0 Å². The Balaban J connectivity index is 1.83. The van der Waals surface area contributed by atoms with Gasteiger partial charge in [0.15, 0.2) is 5.78 Å². The largest absolute Gasteiger partial charge is 0.432 e. The molecule has 0 amide bonds. The van der Waals surface area contributed by atoms with Crippen LogP contribution in [0.2, 0.25) is 0 Å². The van der Waals surface area contributed by atoms with Gasteiger partial charge in [-0.2, -0.15) is 0 Å². The summed E-state index contributed by atoms with van der Waals surface area (Å²) in [5.74, 6) is -3.43. The van der Waals surface area contributed by atoms with E-state index in [4.69, 9.17) is 14.2 Å². The van der Waals surface area contributed by atoms with Gasteiger partial charge in [-0.25, -0.2) is 0 Å². The van der Waals surface area contributed by atoms with Crippen molar-refractivity contribution in [1.82, 2.24) is 0 Å². The third-order valence-electron chi connectivity index (χ3n) is 9.04. The second kappa shape index (κ2) is 20.2. The second-order valence-corrected chi connectivity index (χ2v) is 12.9. The number of hydrogen-bond donors (Lipinski definition) is 8. The van der Waals surface area contributed by atoms with Crippen LogP contribution in [0.1, 0.15) is 111 Å². The van der Waals surface area contributed by atoms with Crippen molar-refractivity contribution < 1.29 is 64.7 Å². The molecule has 13 nitrogen and oxygen atoms in total. The number of aliphatic hydroxyl groups is 8. The van der Waals surface area contributed by atoms with Crippen molar-refractivity contribution in [2.75, 3.05) is 0 Å². The van der Waals surface area contributed by atoms with Crippen molar-refractivity contribution in [2.45, 2.75) is 184 Å². The van der Waals surface area contributed by atoms with Crippen molar-refractivity contribution >= 4 is 11.8 Å². The van der Waals surface area contributed by atoms with Gasteiger partial charge in [-0.15, -0.1) is 0 Å². The molecule has 2 rings (SSSR count). The first kappa shape index (κ1) is 39.9. The van der Waals surface area contributed by atoms with Crippen LogP contribution in [0.25, 0.3) is 0 Å². The van der Waals surface area contributed by atoms with E-state index in [9.17, 15) is 50.4 Å². The second-order valence-electron chi connectivity index (χ2n) is 12.9. The van der Waals surface area contributed by atoms with E-state index in [0.29, 0.717) is 25.7 Å². The fourth-order valence-electron chi connectivity index (χ4n) is 6.02. The van der Waals surface area contributed by atoms with E-state index in [2.05, 4.69) is 6.92 Å². The van der Waals surface area contributed by atoms with E-state index in [-0.39, 0.29) is 12.8 Å². The minimum Gasteiger partial charge on any atom is -0.432 e. The number of aliphatic hydroxyl groups excluding tert-OH is 8. The minimum absolute atomic E-state index is 0.165. The number of esters is 1. The van der Waals surface area contributed by atoms with E-state index in [1.165, 1.54) is 6.92 Å². The number of carbonyl (C=O) groups excluding carboxylic acids is 2. The highest BCUT2D eigenvalue weighted by Crippen LogP contribution is 2.27. The summed E-state index contributed by atoms with van der Waals surface area (Å²) in [6.07, 6.45) is -5.60. The van der Waals surface area contributed by atoms with E-state index >= 15 is 0 Å². The van der Waals surface area contributed by atoms with Crippen LogP contribution in [0.4, 0.5) is 0 Å². The molecule has 45 heavy (non-hydrogen) atoms. The maximum Gasteiger partial charge on any atom is 0.321 e. The number of hydrogen-bond acceptors (Lipinski definition) is 13. The molecule has 2 aliphatic heterocycles. The summed E-state index contributed by atoms with van der Waals surface area (Å²) in [5, 5.41) is 81.5. The topological polar surface area (TPSA) is 224 Å². The lowest BCUT2D eigenvalue weighted by atomic mass is 9.89. The van der Waals surface area contributed by atoms with E-state index in [0.717, 1.165) is 51.4 Å². The SMILES string of the molecule is CCCCCCCC(O)C(C(=O)CC(O)CCCCCCCC1O[C@@H](C)[C@H](O)[C@@H](O)[C@H]1O)C(=O)OC1O[C@H](C)[C@@H](O)[C@H](O)[C@@H]1O. The predicted octanol–water partition coefficient (Wildman–Crippen LogP) is 0.616. The molecule has 0 spiro atoms. The van der Waals surface area contributed by atoms with Gasteiger partial charge in [0.2, 0.25) is 6.29 Å². The molecular weight excluding hydrogens is 592 g/mol. The Morgan fingerprint density at radius 3 is 1.84 bits per heavy atom. The smallest absolute Gasteiger partial charge is 0.321 e. The Labute approximate surface area is 266 Å². The third kappa shape index (κ3) is 12.4. The van der Waals surface area contributed by atoms with E-state index in [1.807, 2.05) is 0 Å². The Hall–Kier alpha value is -1.26. The van der Waals surface area contributed by atoms with E-state index < -0.39 is 91.1 Å². The molecule has 0 aromatic rings. The van der Waals surface area contributed by atoms with Crippen molar-refractivity contribution in [3.63, 3.8) is 0 Å². The van der Waals surface area contributed by atoms with Crippen LogP contribution in [0, 0.1) is 5.92 Å². The van der Waals surface area contributed by atoms with Gasteiger partial charge >= 0.3 is 5.97 Å². The summed E-state index contributed by atoms with van der Waals surface area (Å²) in [7, 11) is 0. The van der Waals surface area contributed by atoms with Crippen molar-refractivity contribution in [2.24, 2.45) is 5.92 Å². The van der Waals surface area contributed by atoms with Crippen LogP contribution < -0.4 is 0 Å². The van der Waals surface area contributed by atoms with Gasteiger partial charge in [0.25, 0.3) is 0 Å². The van der Waals surface area contributed by atoms with Gasteiger partial charge in [0.05, 0.1) is 30.5 Å². The molecule has 2 saturated heterocycles. The van der Waals surface area contributed by atoms with E-state index in [1.54, 1.807) is 6.92 Å². The average Bonchev–Trinajstić information content (AvgIpc) is 2.99. The fourth-order valence-corrected chi connectivity index (χ4v) is 6.02. The summed E-state index contributed by atoms with van der Waals surface area (Å²) < 4.78 is 16.2. The minimum atomic E-state index is -1.75. The summed E-state index contributed by atoms with van der Waals surface area (Å²) in [6.45, 7) is 5.15. The van der Waals surface area contributed by atoms with Gasteiger partial charge < -0.3 is 55.1 Å². The first-order valence-electron chi connectivity index (χ1n) is 16.8. The Kier molecular flexibility index (Phi) is 17.9. The molecule has 2 fully saturated rings. The molecule has 0 radical (unpaired) electrons. The van der Waals surface area contributed by atoms with Gasteiger partial charge in [-0.1, -0.05) is 71.1 Å². The van der Waals surface area contributed by atoms with Gasteiger partial charge in [-0.3, -0.25) is 9.59 Å².